The molecule has 0 aliphatic carbocycles. The predicted molar refractivity (Wildman–Crippen MR) is 33.5 cm³/mol. The van der Waals surface area contributed by atoms with E-state index < -0.39 is 15.8 Å². The van der Waals surface area contributed by atoms with Crippen LogP contribution in [0.15, 0.2) is 0 Å². The Morgan fingerprint density at radius 3 is 1.50 bits per heavy atom. The molecule has 0 bridgehead atoms. The summed E-state index contributed by atoms with van der Waals surface area (Å²) in [4.78, 5) is 20.4. The van der Waals surface area contributed by atoms with Gasteiger partial charge in [0.1, 0.15) is 0 Å². The molecule has 0 aromatic heterocycles. The molecule has 2 nitrogen and oxygen atoms in total. The molecule has 54 valence electrons. The first kappa shape index (κ1) is 12.3. The molecule has 0 unspecified atom stereocenters. The van der Waals surface area contributed by atoms with Crippen molar-refractivity contribution < 1.29 is 26.9 Å². The molecule has 6 heteroatoms. The molecular formula is C2H6CuO2PS2. The summed E-state index contributed by atoms with van der Waals surface area (Å²) < 4.78 is 0. The summed E-state index contributed by atoms with van der Waals surface area (Å²) in [6, 6.07) is 0. The van der Waals surface area contributed by atoms with Gasteiger partial charge in [0.05, 0.1) is 0 Å². The molecule has 0 heterocycles. The molecule has 0 aliphatic heterocycles. The van der Waals surface area contributed by atoms with E-state index in [0.717, 1.165) is 0 Å². The van der Waals surface area contributed by atoms with E-state index in [4.69, 9.17) is 0 Å². The summed E-state index contributed by atoms with van der Waals surface area (Å²) in [7, 11) is -0.618. The van der Waals surface area contributed by atoms with Crippen LogP contribution < -0.4 is 9.79 Å². The third-order valence-electron chi connectivity index (χ3n) is 0.447. The Labute approximate surface area is 67.4 Å². The quantitative estimate of drug-likeness (QED) is 0.293. The van der Waals surface area contributed by atoms with E-state index in [1.165, 1.54) is 0 Å². The molecule has 0 rings (SSSR count). The van der Waals surface area contributed by atoms with Crippen molar-refractivity contribution in [2.75, 3.05) is 12.5 Å². The smallest absolute Gasteiger partial charge is 0.854 e. The minimum atomic E-state index is -3.38. The summed E-state index contributed by atoms with van der Waals surface area (Å²) in [6.45, 7) is 0. The van der Waals surface area contributed by atoms with Crippen molar-refractivity contribution in [1.82, 2.24) is 0 Å². The van der Waals surface area contributed by atoms with E-state index in [1.54, 1.807) is 12.5 Å². The maximum Gasteiger partial charge on any atom is 3.00 e. The second-order valence-electron chi connectivity index (χ2n) is 1.22. The first-order valence-corrected chi connectivity index (χ1v) is 6.83. The maximum absolute atomic E-state index is 10.2. The minimum absolute atomic E-state index is 0. The summed E-state index contributed by atoms with van der Waals surface area (Å²) in [5, 5.41) is 0. The summed E-state index contributed by atoms with van der Waals surface area (Å²) >= 11 is 4.12. The molecule has 0 saturated carbocycles. The van der Waals surface area contributed by atoms with Crippen molar-refractivity contribution in [3.8, 4) is 0 Å². The minimum Gasteiger partial charge on any atom is -0.854 e. The normalized spacial score (nSPS) is 11.2. The van der Waals surface area contributed by atoms with Gasteiger partial charge in [0.25, 0.3) is 0 Å². The SMILES string of the molecule is CS(C)=P([O-])([O-])[S-].[Cu+3]. The van der Waals surface area contributed by atoms with Crippen LogP contribution in [-0.4, -0.2) is 12.5 Å². The third kappa shape index (κ3) is 5.70. The van der Waals surface area contributed by atoms with Crippen LogP contribution in [0.2, 0.25) is 0 Å². The Morgan fingerprint density at radius 1 is 1.38 bits per heavy atom. The van der Waals surface area contributed by atoms with Gasteiger partial charge in [0.15, 0.2) is 0 Å². The van der Waals surface area contributed by atoms with Crippen molar-refractivity contribution in [3.63, 3.8) is 0 Å². The van der Waals surface area contributed by atoms with Crippen LogP contribution >= 0.6 is 5.69 Å². The first-order valence-electron chi connectivity index (χ1n) is 1.55. The van der Waals surface area contributed by atoms with Crippen molar-refractivity contribution in [1.29, 1.82) is 0 Å². The van der Waals surface area contributed by atoms with Crippen molar-refractivity contribution in [2.45, 2.75) is 0 Å². The van der Waals surface area contributed by atoms with Gasteiger partial charge in [-0.1, -0.05) is 0 Å². The molecule has 0 radical (unpaired) electrons. The average Bonchev–Trinajstić information content (AvgIpc) is 1.31. The van der Waals surface area contributed by atoms with Gasteiger partial charge >= 0.3 is 17.1 Å². The summed E-state index contributed by atoms with van der Waals surface area (Å²) in [6.07, 6.45) is 3.20. The van der Waals surface area contributed by atoms with Crippen molar-refractivity contribution >= 4 is 28.0 Å². The fraction of sp³-hybridized carbons (Fsp3) is 1.00. The van der Waals surface area contributed by atoms with E-state index in [2.05, 4.69) is 12.2 Å². The van der Waals surface area contributed by atoms with E-state index >= 15 is 0 Å². The van der Waals surface area contributed by atoms with E-state index in [0.29, 0.717) is 0 Å². The molecule has 0 atom stereocenters. The molecule has 0 amide bonds. The van der Waals surface area contributed by atoms with Gasteiger partial charge in [-0.3, -0.25) is 0 Å². The fourth-order valence-electron chi connectivity index (χ4n) is 0. The molecule has 0 aromatic rings. The van der Waals surface area contributed by atoms with Crippen LogP contribution in [0, 0.1) is 0 Å². The molecule has 8 heavy (non-hydrogen) atoms. The van der Waals surface area contributed by atoms with Crippen LogP contribution in [0.5, 0.6) is 0 Å². The van der Waals surface area contributed by atoms with E-state index in [-0.39, 0.29) is 17.1 Å². The second-order valence-corrected chi connectivity index (χ2v) is 9.43. The van der Waals surface area contributed by atoms with Crippen LogP contribution in [0.25, 0.3) is 0 Å². The van der Waals surface area contributed by atoms with E-state index in [1.807, 2.05) is 0 Å². The number of rotatable bonds is 0. The van der Waals surface area contributed by atoms with Crippen molar-refractivity contribution in [2.24, 2.45) is 0 Å². The number of hydrogen-bond donors (Lipinski definition) is 0. The van der Waals surface area contributed by atoms with Crippen LogP contribution in [0.3, 0.4) is 0 Å². The Morgan fingerprint density at radius 2 is 1.50 bits per heavy atom. The second kappa shape index (κ2) is 4.40. The molecule has 0 N–H and O–H groups in total. The fourth-order valence-corrected chi connectivity index (χ4v) is 0. The van der Waals surface area contributed by atoms with Gasteiger partial charge in [0.2, 0.25) is 0 Å². The average molecular weight is 221 g/mol. The Balaban J connectivity index is 0. The predicted octanol–water partition coefficient (Wildman–Crippen LogP) is -1.19. The topological polar surface area (TPSA) is 46.1 Å². The zero-order valence-electron chi connectivity index (χ0n) is 4.38. The summed E-state index contributed by atoms with van der Waals surface area (Å²) in [5.41, 5.74) is -3.38. The monoisotopic (exact) mass is 220 g/mol. The Kier molecular flexibility index (Phi) is 6.74. The molecule has 0 aromatic carbocycles. The molecule has 0 fully saturated rings. The maximum atomic E-state index is 10.2. The zero-order valence-corrected chi connectivity index (χ0v) is 7.85. The van der Waals surface area contributed by atoms with Crippen LogP contribution in [-0.2, 0) is 39.4 Å². The Hall–Kier alpha value is 1.57. The largest absolute Gasteiger partial charge is 3.00 e. The van der Waals surface area contributed by atoms with Crippen LogP contribution in [0.1, 0.15) is 0 Å². The van der Waals surface area contributed by atoms with Gasteiger partial charge in [0, 0.05) is 0 Å². The van der Waals surface area contributed by atoms with Gasteiger partial charge < -0.3 is 27.7 Å². The summed E-state index contributed by atoms with van der Waals surface area (Å²) in [5.74, 6) is 0. The standard InChI is InChI=1S/C2H6O2PS2.Cu/c1-7(2)5(3,4)6;/h1-2H3;/q-3;+3. The molecule has 0 saturated heterocycles. The van der Waals surface area contributed by atoms with Gasteiger partial charge in [-0.15, -0.1) is 0 Å². The Bertz CT molecular complexity index is 107. The number of hydrogen-bond acceptors (Lipinski definition) is 3. The van der Waals surface area contributed by atoms with Gasteiger partial charge in [-0.2, -0.15) is 0 Å². The van der Waals surface area contributed by atoms with Gasteiger partial charge in [-0.25, -0.2) is 10.1 Å². The third-order valence-corrected chi connectivity index (χ3v) is 6.71. The van der Waals surface area contributed by atoms with Crippen LogP contribution in [0.4, 0.5) is 0 Å². The van der Waals surface area contributed by atoms with Gasteiger partial charge in [-0.05, 0) is 12.5 Å². The zero-order chi connectivity index (χ0) is 6.08. The van der Waals surface area contributed by atoms with E-state index in [9.17, 15) is 9.79 Å². The first-order chi connectivity index (χ1) is 2.94. The molecule has 0 spiro atoms. The van der Waals surface area contributed by atoms with Crippen molar-refractivity contribution in [3.05, 3.63) is 0 Å². The molecule has 0 aliphatic rings. The molecular weight excluding hydrogens is 215 g/mol.